The van der Waals surface area contributed by atoms with E-state index in [2.05, 4.69) is 4.98 Å². The first-order chi connectivity index (χ1) is 8.24. The van der Waals surface area contributed by atoms with Crippen LogP contribution in [0.4, 0.5) is 10.1 Å². The van der Waals surface area contributed by atoms with Crippen LogP contribution in [0.25, 0.3) is 22.2 Å². The molecule has 0 atom stereocenters. The van der Waals surface area contributed by atoms with Gasteiger partial charge in [-0.1, -0.05) is 24.3 Å². The summed E-state index contributed by atoms with van der Waals surface area (Å²) in [6, 6.07) is 14.2. The summed E-state index contributed by atoms with van der Waals surface area (Å²) in [7, 11) is 0. The molecular weight excluding hydrogens is 215 g/mol. The second-order valence-corrected chi connectivity index (χ2v) is 4.00. The number of para-hydroxylation sites is 1. The van der Waals surface area contributed by atoms with Gasteiger partial charge in [0.2, 0.25) is 0 Å². The number of hydrogen-bond acceptors (Lipinski definition) is 1. The van der Waals surface area contributed by atoms with Gasteiger partial charge >= 0.3 is 0 Å². The fraction of sp³-hybridized carbons (Fsp3) is 0. The summed E-state index contributed by atoms with van der Waals surface area (Å²) in [4.78, 5) is 3.22. The minimum atomic E-state index is -0.242. The largest absolute Gasteiger partial charge is 0.397 e. The highest BCUT2D eigenvalue weighted by Crippen LogP contribution is 2.27. The van der Waals surface area contributed by atoms with Crippen LogP contribution in [0.3, 0.4) is 0 Å². The molecule has 0 fully saturated rings. The zero-order chi connectivity index (χ0) is 11.8. The number of benzene rings is 2. The molecule has 2 aromatic carbocycles. The SMILES string of the molecule is Nc1cccc2cc(-c3cccc(F)c3)[nH]c12. The number of aromatic amines is 1. The highest BCUT2D eigenvalue weighted by atomic mass is 19.1. The number of nitrogens with one attached hydrogen (secondary N) is 1. The van der Waals surface area contributed by atoms with Crippen molar-refractivity contribution in [3.05, 3.63) is 54.3 Å². The number of hydrogen-bond donors (Lipinski definition) is 2. The summed E-state index contributed by atoms with van der Waals surface area (Å²) in [5.74, 6) is -0.242. The number of rotatable bonds is 1. The van der Waals surface area contributed by atoms with E-state index in [1.54, 1.807) is 6.07 Å². The Balaban J connectivity index is 2.22. The van der Waals surface area contributed by atoms with Gasteiger partial charge in [0, 0.05) is 16.6 Å². The number of fused-ring (bicyclic) bond motifs is 1. The molecule has 0 radical (unpaired) electrons. The maximum absolute atomic E-state index is 13.1. The van der Waals surface area contributed by atoms with Crippen molar-refractivity contribution in [2.75, 3.05) is 5.73 Å². The van der Waals surface area contributed by atoms with Crippen molar-refractivity contribution in [1.29, 1.82) is 0 Å². The summed E-state index contributed by atoms with van der Waals surface area (Å²) in [5.41, 5.74) is 9.16. The van der Waals surface area contributed by atoms with E-state index in [0.29, 0.717) is 5.69 Å². The fourth-order valence-electron chi connectivity index (χ4n) is 1.99. The Labute approximate surface area is 97.9 Å². The van der Waals surface area contributed by atoms with Gasteiger partial charge in [0.15, 0.2) is 0 Å². The first-order valence-electron chi connectivity index (χ1n) is 5.37. The second kappa shape index (κ2) is 3.63. The monoisotopic (exact) mass is 226 g/mol. The van der Waals surface area contributed by atoms with Gasteiger partial charge in [-0.3, -0.25) is 0 Å². The molecule has 0 aliphatic heterocycles. The molecule has 0 saturated heterocycles. The molecule has 2 nitrogen and oxygen atoms in total. The van der Waals surface area contributed by atoms with Crippen molar-refractivity contribution >= 4 is 16.6 Å². The number of nitrogen functional groups attached to an aromatic ring is 1. The fourth-order valence-corrected chi connectivity index (χ4v) is 1.99. The average molecular weight is 226 g/mol. The Kier molecular flexibility index (Phi) is 2.11. The van der Waals surface area contributed by atoms with E-state index in [0.717, 1.165) is 22.2 Å². The lowest BCUT2D eigenvalue weighted by atomic mass is 10.1. The summed E-state index contributed by atoms with van der Waals surface area (Å²) in [6.45, 7) is 0. The molecule has 0 unspecified atom stereocenters. The molecule has 1 aromatic heterocycles. The van der Waals surface area contributed by atoms with Crippen molar-refractivity contribution in [1.82, 2.24) is 4.98 Å². The number of aromatic nitrogens is 1. The first-order valence-corrected chi connectivity index (χ1v) is 5.37. The van der Waals surface area contributed by atoms with Crippen molar-refractivity contribution < 1.29 is 4.39 Å². The molecule has 1 heterocycles. The van der Waals surface area contributed by atoms with Crippen molar-refractivity contribution in [2.45, 2.75) is 0 Å². The summed E-state index contributed by atoms with van der Waals surface area (Å²) < 4.78 is 13.1. The van der Waals surface area contributed by atoms with E-state index in [1.807, 2.05) is 30.3 Å². The van der Waals surface area contributed by atoms with E-state index >= 15 is 0 Å². The maximum atomic E-state index is 13.1. The van der Waals surface area contributed by atoms with Crippen LogP contribution in [0.15, 0.2) is 48.5 Å². The van der Waals surface area contributed by atoms with Crippen LogP contribution in [0, 0.1) is 5.82 Å². The second-order valence-electron chi connectivity index (χ2n) is 4.00. The molecule has 3 rings (SSSR count). The van der Waals surface area contributed by atoms with Crippen molar-refractivity contribution in [3.63, 3.8) is 0 Å². The zero-order valence-corrected chi connectivity index (χ0v) is 9.07. The van der Waals surface area contributed by atoms with E-state index in [1.165, 1.54) is 12.1 Å². The normalized spacial score (nSPS) is 10.9. The van der Waals surface area contributed by atoms with E-state index in [4.69, 9.17) is 5.73 Å². The minimum Gasteiger partial charge on any atom is -0.397 e. The van der Waals surface area contributed by atoms with Gasteiger partial charge in [0.05, 0.1) is 11.2 Å². The lowest BCUT2D eigenvalue weighted by Gasteiger charge is -1.97. The molecular formula is C14H11FN2. The van der Waals surface area contributed by atoms with Gasteiger partial charge in [-0.2, -0.15) is 0 Å². The van der Waals surface area contributed by atoms with Crippen LogP contribution in [0.2, 0.25) is 0 Å². The van der Waals surface area contributed by atoms with Gasteiger partial charge in [0.1, 0.15) is 5.82 Å². The van der Waals surface area contributed by atoms with Gasteiger partial charge < -0.3 is 10.7 Å². The predicted molar refractivity (Wildman–Crippen MR) is 68.1 cm³/mol. The molecule has 3 N–H and O–H groups in total. The first kappa shape index (κ1) is 9.90. The van der Waals surface area contributed by atoms with Crippen LogP contribution in [0.5, 0.6) is 0 Å². The van der Waals surface area contributed by atoms with E-state index in [9.17, 15) is 4.39 Å². The lowest BCUT2D eigenvalue weighted by Crippen LogP contribution is -1.85. The number of H-pyrrole nitrogens is 1. The highest BCUT2D eigenvalue weighted by molar-refractivity contribution is 5.93. The van der Waals surface area contributed by atoms with Gasteiger partial charge in [-0.05, 0) is 24.3 Å². The van der Waals surface area contributed by atoms with Crippen LogP contribution >= 0.6 is 0 Å². The third kappa shape index (κ3) is 1.65. The minimum absolute atomic E-state index is 0.242. The molecule has 0 spiro atoms. The zero-order valence-electron chi connectivity index (χ0n) is 9.07. The molecule has 3 heteroatoms. The molecule has 0 bridgehead atoms. The quantitative estimate of drug-likeness (QED) is 0.612. The van der Waals surface area contributed by atoms with Crippen LogP contribution in [-0.4, -0.2) is 4.98 Å². The lowest BCUT2D eigenvalue weighted by molar-refractivity contribution is 0.628. The maximum Gasteiger partial charge on any atom is 0.123 e. The molecule has 0 amide bonds. The molecule has 3 aromatic rings. The van der Waals surface area contributed by atoms with Gasteiger partial charge in [-0.25, -0.2) is 4.39 Å². The van der Waals surface area contributed by atoms with Crippen LogP contribution < -0.4 is 5.73 Å². The standard InChI is InChI=1S/C14H11FN2/c15-11-5-1-3-9(7-11)13-8-10-4-2-6-12(16)14(10)17-13/h1-8,17H,16H2. The van der Waals surface area contributed by atoms with Gasteiger partial charge in [-0.15, -0.1) is 0 Å². The Bertz CT molecular complexity index is 686. The number of nitrogens with two attached hydrogens (primary N) is 1. The Morgan fingerprint density at radius 2 is 1.82 bits per heavy atom. The molecule has 0 aliphatic rings. The van der Waals surface area contributed by atoms with Crippen molar-refractivity contribution in [3.8, 4) is 11.3 Å². The highest BCUT2D eigenvalue weighted by Gasteiger charge is 2.05. The molecule has 17 heavy (non-hydrogen) atoms. The van der Waals surface area contributed by atoms with E-state index < -0.39 is 0 Å². The van der Waals surface area contributed by atoms with Gasteiger partial charge in [0.25, 0.3) is 0 Å². The topological polar surface area (TPSA) is 41.8 Å². The Morgan fingerprint density at radius 1 is 1.00 bits per heavy atom. The third-order valence-electron chi connectivity index (χ3n) is 2.82. The molecule has 0 aliphatic carbocycles. The summed E-state index contributed by atoms with van der Waals surface area (Å²) >= 11 is 0. The number of anilines is 1. The Hall–Kier alpha value is -2.29. The average Bonchev–Trinajstić information content (AvgIpc) is 2.74. The molecule has 0 saturated carbocycles. The van der Waals surface area contributed by atoms with Crippen molar-refractivity contribution in [2.24, 2.45) is 0 Å². The Morgan fingerprint density at radius 3 is 2.59 bits per heavy atom. The predicted octanol–water partition coefficient (Wildman–Crippen LogP) is 3.56. The molecule has 84 valence electrons. The van der Waals surface area contributed by atoms with Crippen LogP contribution in [0.1, 0.15) is 0 Å². The smallest absolute Gasteiger partial charge is 0.123 e. The number of halogens is 1. The summed E-state index contributed by atoms with van der Waals surface area (Å²) in [5, 5.41) is 1.03. The van der Waals surface area contributed by atoms with Crippen LogP contribution in [-0.2, 0) is 0 Å². The summed E-state index contributed by atoms with van der Waals surface area (Å²) in [6.07, 6.45) is 0. The van der Waals surface area contributed by atoms with E-state index in [-0.39, 0.29) is 5.82 Å². The third-order valence-corrected chi connectivity index (χ3v) is 2.82.